The molecular weight excluding hydrogens is 170 g/mol. The molecule has 1 aliphatic carbocycles. The Bertz CT molecular complexity index is 240. The molecule has 0 amide bonds. The molecule has 2 N–H and O–H groups in total. The summed E-state index contributed by atoms with van der Waals surface area (Å²) in [5.41, 5.74) is 1.46. The van der Waals surface area contributed by atoms with Gasteiger partial charge in [-0.25, -0.2) is 4.39 Å². The molecule has 0 aromatic rings. The summed E-state index contributed by atoms with van der Waals surface area (Å²) in [4.78, 5) is 0. The molecule has 13 heavy (non-hydrogen) atoms. The maximum atomic E-state index is 13.2. The highest BCUT2D eigenvalue weighted by molar-refractivity contribution is 6.12. The summed E-state index contributed by atoms with van der Waals surface area (Å²) in [7, 11) is 5.44. The van der Waals surface area contributed by atoms with Crippen molar-refractivity contribution in [2.45, 2.75) is 24.5 Å². The lowest BCUT2D eigenvalue weighted by molar-refractivity contribution is 0.00644. The predicted octanol–water partition coefficient (Wildman–Crippen LogP) is 0.366. The molecule has 1 aliphatic rings. The van der Waals surface area contributed by atoms with E-state index < -0.39 is 23.5 Å². The second-order valence-corrected chi connectivity index (χ2v) is 3.50. The molecule has 4 heteroatoms. The van der Waals surface area contributed by atoms with Crippen molar-refractivity contribution < 1.29 is 14.6 Å². The van der Waals surface area contributed by atoms with E-state index in [9.17, 15) is 9.50 Å². The first-order chi connectivity index (χ1) is 6.07. The van der Waals surface area contributed by atoms with Crippen LogP contribution in [0.4, 0.5) is 4.39 Å². The van der Waals surface area contributed by atoms with Gasteiger partial charge in [-0.1, -0.05) is 6.58 Å². The van der Waals surface area contributed by atoms with Gasteiger partial charge in [0.05, 0.1) is 20.6 Å². The second kappa shape index (κ2) is 3.66. The normalized spacial score (nSPS) is 44.4. The summed E-state index contributed by atoms with van der Waals surface area (Å²) in [6.45, 7) is 2.99. The standard InChI is InChI=1S/C9H12BFO2/c1-2-3-9(5-12)4-6(10)7(11)8(9)13/h3,6-8,12-13H,1,4-5H2/t6-,7?,8-,9-/m1/s1. The number of aliphatic hydroxyl groups is 2. The summed E-state index contributed by atoms with van der Waals surface area (Å²) >= 11 is 0. The summed E-state index contributed by atoms with van der Waals surface area (Å²) in [6.07, 6.45) is -1.13. The molecule has 0 spiro atoms. The van der Waals surface area contributed by atoms with Crippen LogP contribution in [0.1, 0.15) is 6.42 Å². The second-order valence-electron chi connectivity index (χ2n) is 3.50. The van der Waals surface area contributed by atoms with Crippen LogP contribution in [0.15, 0.2) is 18.4 Å². The number of hydrogen-bond donors (Lipinski definition) is 2. The van der Waals surface area contributed by atoms with E-state index in [0.717, 1.165) is 0 Å². The molecule has 0 saturated heterocycles. The summed E-state index contributed by atoms with van der Waals surface area (Å²) in [5, 5.41) is 18.6. The maximum Gasteiger partial charge on any atom is 0.122 e. The molecule has 0 heterocycles. The Morgan fingerprint density at radius 3 is 2.69 bits per heavy atom. The van der Waals surface area contributed by atoms with Gasteiger partial charge in [0.15, 0.2) is 0 Å². The van der Waals surface area contributed by atoms with Crippen molar-refractivity contribution in [1.82, 2.24) is 0 Å². The van der Waals surface area contributed by atoms with Gasteiger partial charge in [0, 0.05) is 5.41 Å². The van der Waals surface area contributed by atoms with Crippen molar-refractivity contribution in [1.29, 1.82) is 0 Å². The number of halogens is 1. The van der Waals surface area contributed by atoms with Crippen molar-refractivity contribution in [2.24, 2.45) is 5.41 Å². The number of alkyl halides is 1. The summed E-state index contributed by atoms with van der Waals surface area (Å²) in [6, 6.07) is 0. The minimum atomic E-state index is -1.49. The predicted molar refractivity (Wildman–Crippen MR) is 48.3 cm³/mol. The molecule has 0 aromatic heterocycles. The van der Waals surface area contributed by atoms with Crippen LogP contribution in [-0.4, -0.2) is 36.9 Å². The monoisotopic (exact) mass is 182 g/mol. The Morgan fingerprint density at radius 1 is 1.77 bits per heavy atom. The third kappa shape index (κ3) is 1.57. The van der Waals surface area contributed by atoms with Crippen LogP contribution < -0.4 is 0 Å². The molecule has 1 rings (SSSR count). The van der Waals surface area contributed by atoms with Gasteiger partial charge in [0.25, 0.3) is 0 Å². The van der Waals surface area contributed by atoms with E-state index in [-0.39, 0.29) is 13.0 Å². The van der Waals surface area contributed by atoms with Crippen LogP contribution in [0.5, 0.6) is 0 Å². The van der Waals surface area contributed by atoms with Crippen molar-refractivity contribution in [3.05, 3.63) is 18.4 Å². The quantitative estimate of drug-likeness (QED) is 0.478. The SMILES string of the molecule is [B][C@@H]1C[C@](C=C=C)(CO)[C@H](O)C1F. The van der Waals surface area contributed by atoms with E-state index in [4.69, 9.17) is 13.0 Å². The number of hydrogen-bond acceptors (Lipinski definition) is 2. The molecule has 1 saturated carbocycles. The van der Waals surface area contributed by atoms with Crippen molar-refractivity contribution in [3.63, 3.8) is 0 Å². The van der Waals surface area contributed by atoms with E-state index in [1.165, 1.54) is 6.08 Å². The largest absolute Gasteiger partial charge is 0.395 e. The van der Waals surface area contributed by atoms with Gasteiger partial charge < -0.3 is 10.2 Å². The average Bonchev–Trinajstić information content (AvgIpc) is 2.32. The zero-order valence-corrected chi connectivity index (χ0v) is 7.28. The molecule has 0 aromatic carbocycles. The minimum absolute atomic E-state index is 0.217. The molecule has 70 valence electrons. The smallest absolute Gasteiger partial charge is 0.122 e. The van der Waals surface area contributed by atoms with Crippen LogP contribution in [0.2, 0.25) is 5.82 Å². The van der Waals surface area contributed by atoms with Crippen molar-refractivity contribution in [2.75, 3.05) is 6.61 Å². The van der Waals surface area contributed by atoms with E-state index >= 15 is 0 Å². The molecular formula is C9H12BFO2. The average molecular weight is 182 g/mol. The molecule has 2 radical (unpaired) electrons. The highest BCUT2D eigenvalue weighted by Crippen LogP contribution is 2.46. The lowest BCUT2D eigenvalue weighted by atomic mass is 9.80. The fraction of sp³-hybridized carbons (Fsp3) is 0.667. The maximum absolute atomic E-state index is 13.2. The first-order valence-electron chi connectivity index (χ1n) is 4.13. The van der Waals surface area contributed by atoms with Gasteiger partial charge >= 0.3 is 0 Å². The van der Waals surface area contributed by atoms with Gasteiger partial charge in [-0.05, 0) is 18.3 Å². The zero-order valence-electron chi connectivity index (χ0n) is 7.28. The van der Waals surface area contributed by atoms with E-state index in [1.807, 2.05) is 0 Å². The highest BCUT2D eigenvalue weighted by atomic mass is 19.1. The van der Waals surface area contributed by atoms with E-state index in [0.29, 0.717) is 0 Å². The lowest BCUT2D eigenvalue weighted by Gasteiger charge is -2.26. The van der Waals surface area contributed by atoms with Crippen LogP contribution in [0.3, 0.4) is 0 Å². The Morgan fingerprint density at radius 2 is 2.38 bits per heavy atom. The van der Waals surface area contributed by atoms with Gasteiger partial charge in [-0.15, -0.1) is 5.73 Å². The Labute approximate surface area is 78.2 Å². The first kappa shape index (κ1) is 10.5. The summed E-state index contributed by atoms with van der Waals surface area (Å²) < 4.78 is 13.2. The van der Waals surface area contributed by atoms with Crippen LogP contribution in [0, 0.1) is 5.41 Å². The number of aliphatic hydroxyl groups excluding tert-OH is 2. The van der Waals surface area contributed by atoms with E-state index in [2.05, 4.69) is 12.3 Å². The summed E-state index contributed by atoms with van der Waals surface area (Å²) in [5.74, 6) is -0.730. The Kier molecular flexibility index (Phi) is 2.96. The molecule has 1 unspecified atom stereocenters. The van der Waals surface area contributed by atoms with Crippen molar-refractivity contribution in [3.8, 4) is 0 Å². The topological polar surface area (TPSA) is 40.5 Å². The van der Waals surface area contributed by atoms with Crippen LogP contribution >= 0.6 is 0 Å². The van der Waals surface area contributed by atoms with Crippen molar-refractivity contribution >= 4 is 7.85 Å². The molecule has 4 atom stereocenters. The molecule has 0 bridgehead atoms. The van der Waals surface area contributed by atoms with Gasteiger partial charge in [-0.2, -0.15) is 0 Å². The number of rotatable bonds is 2. The third-order valence-electron chi connectivity index (χ3n) is 2.60. The molecule has 1 fully saturated rings. The first-order valence-corrected chi connectivity index (χ1v) is 4.13. The van der Waals surface area contributed by atoms with Gasteiger partial charge in [-0.3, -0.25) is 0 Å². The van der Waals surface area contributed by atoms with Crippen LogP contribution in [-0.2, 0) is 0 Å². The van der Waals surface area contributed by atoms with Gasteiger partial charge in [0.1, 0.15) is 6.17 Å². The Hall–Kier alpha value is -0.565. The highest BCUT2D eigenvalue weighted by Gasteiger charge is 2.49. The fourth-order valence-electron chi connectivity index (χ4n) is 1.77. The van der Waals surface area contributed by atoms with E-state index in [1.54, 1.807) is 0 Å². The molecule has 2 nitrogen and oxygen atoms in total. The third-order valence-corrected chi connectivity index (χ3v) is 2.60. The lowest BCUT2D eigenvalue weighted by Crippen LogP contribution is -2.35. The van der Waals surface area contributed by atoms with Crippen LogP contribution in [0.25, 0.3) is 0 Å². The Balaban J connectivity index is 2.95. The van der Waals surface area contributed by atoms with Gasteiger partial charge in [0.2, 0.25) is 0 Å². The minimum Gasteiger partial charge on any atom is -0.395 e. The zero-order chi connectivity index (χ0) is 10.1. The molecule has 0 aliphatic heterocycles. The fourth-order valence-corrected chi connectivity index (χ4v) is 1.77.